The minimum absolute atomic E-state index is 0.194. The van der Waals surface area contributed by atoms with E-state index >= 15 is 0 Å². The molecule has 1 aliphatic rings. The number of thiazole rings is 1. The van der Waals surface area contributed by atoms with E-state index in [0.717, 1.165) is 5.56 Å². The van der Waals surface area contributed by atoms with Gasteiger partial charge in [0.05, 0.1) is 28.5 Å². The predicted molar refractivity (Wildman–Crippen MR) is 122 cm³/mol. The number of pyridine rings is 1. The van der Waals surface area contributed by atoms with Crippen molar-refractivity contribution >= 4 is 29.4 Å². The smallest absolute Gasteiger partial charge is 0.338 e. The summed E-state index contributed by atoms with van der Waals surface area (Å²) < 4.78 is 12.4. The summed E-state index contributed by atoms with van der Waals surface area (Å²) in [6.07, 6.45) is 5.08. The zero-order valence-electron chi connectivity index (χ0n) is 18.3. The van der Waals surface area contributed by atoms with Crippen LogP contribution in [0.1, 0.15) is 37.9 Å². The van der Waals surface area contributed by atoms with Crippen molar-refractivity contribution in [3.63, 3.8) is 0 Å². The van der Waals surface area contributed by atoms with E-state index in [1.165, 1.54) is 22.8 Å². The van der Waals surface area contributed by atoms with Crippen LogP contribution in [0.15, 0.2) is 69.8 Å². The van der Waals surface area contributed by atoms with E-state index in [4.69, 9.17) is 9.47 Å². The van der Waals surface area contributed by atoms with Gasteiger partial charge in [0.25, 0.3) is 5.56 Å². The molecule has 0 saturated carbocycles. The average Bonchev–Trinajstić information content (AvgIpc) is 3.08. The lowest BCUT2D eigenvalue weighted by Gasteiger charge is -2.24. The predicted octanol–water partition coefficient (Wildman–Crippen LogP) is 2.12. The first kappa shape index (κ1) is 22.3. The fraction of sp³-hybridized carbons (Fsp3) is 0.208. The van der Waals surface area contributed by atoms with E-state index in [0.29, 0.717) is 26.3 Å². The summed E-state index contributed by atoms with van der Waals surface area (Å²) in [6.45, 7) is 4.96. The van der Waals surface area contributed by atoms with Gasteiger partial charge in [-0.25, -0.2) is 9.79 Å². The molecule has 1 aliphatic heterocycles. The van der Waals surface area contributed by atoms with E-state index in [1.54, 1.807) is 62.6 Å². The minimum Gasteiger partial charge on any atom is -0.463 e. The molecule has 33 heavy (non-hydrogen) atoms. The molecule has 2 aromatic heterocycles. The lowest BCUT2D eigenvalue weighted by atomic mass is 9.96. The molecule has 168 valence electrons. The number of rotatable bonds is 5. The first-order valence-electron chi connectivity index (χ1n) is 10.3. The fourth-order valence-electron chi connectivity index (χ4n) is 3.60. The summed E-state index contributed by atoms with van der Waals surface area (Å²) in [7, 11) is 0. The zero-order valence-corrected chi connectivity index (χ0v) is 19.1. The van der Waals surface area contributed by atoms with E-state index in [9.17, 15) is 14.4 Å². The van der Waals surface area contributed by atoms with Gasteiger partial charge in [-0.3, -0.25) is 19.1 Å². The van der Waals surface area contributed by atoms with E-state index in [-0.39, 0.29) is 17.7 Å². The van der Waals surface area contributed by atoms with Gasteiger partial charge < -0.3 is 9.47 Å². The van der Waals surface area contributed by atoms with Crippen molar-refractivity contribution in [2.24, 2.45) is 4.99 Å². The maximum Gasteiger partial charge on any atom is 0.338 e. The number of allylic oxidation sites excluding steroid dienone is 1. The molecular weight excluding hydrogens is 442 g/mol. The SMILES string of the molecule is CCOC(=O)C1=C(C)N=c2sc(=Cc3cccnc3)c(=O)n2[C@@H]1c1ccc(OC(C)=O)cc1. The molecule has 0 radical (unpaired) electrons. The number of ether oxygens (including phenoxy) is 2. The number of esters is 2. The Morgan fingerprint density at radius 3 is 2.61 bits per heavy atom. The molecule has 0 saturated heterocycles. The minimum atomic E-state index is -0.734. The molecule has 0 amide bonds. The maximum absolute atomic E-state index is 13.5. The fourth-order valence-corrected chi connectivity index (χ4v) is 4.65. The third-order valence-electron chi connectivity index (χ3n) is 4.96. The van der Waals surface area contributed by atoms with Crippen molar-refractivity contribution in [2.75, 3.05) is 6.61 Å². The second-order valence-electron chi connectivity index (χ2n) is 7.25. The molecular formula is C24H21N3O5S. The number of fused-ring (bicyclic) bond motifs is 1. The van der Waals surface area contributed by atoms with Crippen LogP contribution in [0.5, 0.6) is 5.75 Å². The molecule has 1 aromatic carbocycles. The van der Waals surface area contributed by atoms with Gasteiger partial charge in [0.15, 0.2) is 4.80 Å². The Hall–Kier alpha value is -3.85. The topological polar surface area (TPSA) is 99.9 Å². The van der Waals surface area contributed by atoms with Gasteiger partial charge in [0.1, 0.15) is 5.75 Å². The van der Waals surface area contributed by atoms with Crippen LogP contribution in [0.4, 0.5) is 0 Å². The van der Waals surface area contributed by atoms with Crippen LogP contribution in [-0.2, 0) is 14.3 Å². The molecule has 3 heterocycles. The van der Waals surface area contributed by atoms with Gasteiger partial charge in [0, 0.05) is 19.3 Å². The van der Waals surface area contributed by atoms with Crippen molar-refractivity contribution in [3.05, 3.63) is 90.9 Å². The van der Waals surface area contributed by atoms with Gasteiger partial charge in [0.2, 0.25) is 0 Å². The highest BCUT2D eigenvalue weighted by molar-refractivity contribution is 7.07. The van der Waals surface area contributed by atoms with Crippen LogP contribution >= 0.6 is 11.3 Å². The van der Waals surface area contributed by atoms with Crippen LogP contribution in [0.2, 0.25) is 0 Å². The summed E-state index contributed by atoms with van der Waals surface area (Å²) in [6, 6.07) is 9.60. The zero-order chi connectivity index (χ0) is 23.5. The Bertz CT molecular complexity index is 1420. The number of hydrogen-bond acceptors (Lipinski definition) is 8. The van der Waals surface area contributed by atoms with Crippen molar-refractivity contribution in [1.29, 1.82) is 0 Å². The standard InChI is InChI=1S/C24H21N3O5S/c1-4-31-23(30)20-14(2)26-24-27(21(20)17-7-9-18(10-8-17)32-15(3)28)22(29)19(33-24)12-16-6-5-11-25-13-16/h5-13,21H,4H2,1-3H3/t21-/m1/s1. The summed E-state index contributed by atoms with van der Waals surface area (Å²) >= 11 is 1.24. The molecule has 0 fully saturated rings. The van der Waals surface area contributed by atoms with Crippen molar-refractivity contribution in [1.82, 2.24) is 9.55 Å². The summed E-state index contributed by atoms with van der Waals surface area (Å²) in [4.78, 5) is 46.7. The quantitative estimate of drug-likeness (QED) is 0.425. The molecule has 0 unspecified atom stereocenters. The summed E-state index contributed by atoms with van der Waals surface area (Å²) in [5, 5.41) is 0. The van der Waals surface area contributed by atoms with Crippen LogP contribution in [0.25, 0.3) is 6.08 Å². The third-order valence-corrected chi connectivity index (χ3v) is 5.94. The first-order valence-corrected chi connectivity index (χ1v) is 11.1. The molecule has 3 aromatic rings. The van der Waals surface area contributed by atoms with Crippen LogP contribution in [0, 0.1) is 0 Å². The number of carbonyl (C=O) groups is 2. The van der Waals surface area contributed by atoms with Crippen molar-refractivity contribution < 1.29 is 19.1 Å². The third kappa shape index (κ3) is 4.54. The Kier molecular flexibility index (Phi) is 6.32. The number of aromatic nitrogens is 2. The van der Waals surface area contributed by atoms with Gasteiger partial charge in [-0.1, -0.05) is 29.5 Å². The lowest BCUT2D eigenvalue weighted by molar-refractivity contribution is -0.139. The van der Waals surface area contributed by atoms with E-state index in [2.05, 4.69) is 9.98 Å². The Morgan fingerprint density at radius 2 is 1.97 bits per heavy atom. The highest BCUT2D eigenvalue weighted by Crippen LogP contribution is 2.31. The van der Waals surface area contributed by atoms with Crippen LogP contribution in [0.3, 0.4) is 0 Å². The molecule has 0 aliphatic carbocycles. The Labute approximate surface area is 193 Å². The van der Waals surface area contributed by atoms with Gasteiger partial charge in [-0.2, -0.15) is 0 Å². The lowest BCUT2D eigenvalue weighted by Crippen LogP contribution is -2.39. The molecule has 0 spiro atoms. The van der Waals surface area contributed by atoms with Gasteiger partial charge >= 0.3 is 11.9 Å². The number of hydrogen-bond donors (Lipinski definition) is 0. The van der Waals surface area contributed by atoms with Gasteiger partial charge in [-0.15, -0.1) is 0 Å². The number of benzene rings is 1. The second-order valence-corrected chi connectivity index (χ2v) is 8.26. The van der Waals surface area contributed by atoms with Crippen molar-refractivity contribution in [2.45, 2.75) is 26.8 Å². The maximum atomic E-state index is 13.5. The van der Waals surface area contributed by atoms with E-state index < -0.39 is 18.0 Å². The van der Waals surface area contributed by atoms with Crippen molar-refractivity contribution in [3.8, 4) is 5.75 Å². The first-order chi connectivity index (χ1) is 15.9. The molecule has 0 N–H and O–H groups in total. The molecule has 1 atom stereocenters. The van der Waals surface area contributed by atoms with Crippen LogP contribution < -0.4 is 19.6 Å². The molecule has 8 nitrogen and oxygen atoms in total. The average molecular weight is 464 g/mol. The van der Waals surface area contributed by atoms with E-state index in [1.807, 2.05) is 6.07 Å². The number of carbonyl (C=O) groups excluding carboxylic acids is 2. The largest absolute Gasteiger partial charge is 0.463 e. The monoisotopic (exact) mass is 463 g/mol. The number of nitrogens with zero attached hydrogens (tertiary/aromatic N) is 3. The van der Waals surface area contributed by atoms with Gasteiger partial charge in [-0.05, 0) is 49.2 Å². The summed E-state index contributed by atoms with van der Waals surface area (Å²) in [5.41, 5.74) is 1.95. The Balaban J connectivity index is 1.90. The molecule has 4 rings (SSSR count). The molecule has 0 bridgehead atoms. The molecule has 9 heteroatoms. The second kappa shape index (κ2) is 9.33. The normalized spacial score (nSPS) is 15.6. The highest BCUT2D eigenvalue weighted by atomic mass is 32.1. The Morgan fingerprint density at radius 1 is 1.21 bits per heavy atom. The van der Waals surface area contributed by atoms with Crippen LogP contribution in [-0.4, -0.2) is 28.1 Å². The highest BCUT2D eigenvalue weighted by Gasteiger charge is 2.33. The summed E-state index contributed by atoms with van der Waals surface area (Å²) in [5.74, 6) is -0.600.